The van der Waals surface area contributed by atoms with Crippen molar-refractivity contribution in [3.8, 4) is 5.75 Å². The summed E-state index contributed by atoms with van der Waals surface area (Å²) in [5, 5.41) is 1.61. The van der Waals surface area contributed by atoms with Crippen LogP contribution in [-0.4, -0.2) is 7.11 Å². The van der Waals surface area contributed by atoms with Crippen LogP contribution < -0.4 is 4.74 Å². The number of methoxy groups -OCH3 is 1. The smallest absolute Gasteiger partial charge is 0.182 e. The summed E-state index contributed by atoms with van der Waals surface area (Å²) in [5.74, 6) is -1.63. The van der Waals surface area contributed by atoms with Gasteiger partial charge in [0.15, 0.2) is 17.4 Å². The zero-order chi connectivity index (χ0) is 16.3. The van der Waals surface area contributed by atoms with Gasteiger partial charge in [0.05, 0.1) is 21.9 Å². The van der Waals surface area contributed by atoms with E-state index in [0.29, 0.717) is 26.4 Å². The first-order valence-electron chi connectivity index (χ1n) is 6.99. The molecule has 0 N–H and O–H groups in total. The molecular formula is C18H11F3OS. The van der Waals surface area contributed by atoms with Crippen molar-refractivity contribution < 1.29 is 17.9 Å². The summed E-state index contributed by atoms with van der Waals surface area (Å²) in [4.78, 5) is 0. The summed E-state index contributed by atoms with van der Waals surface area (Å²) >= 11 is 0.977. The van der Waals surface area contributed by atoms with Crippen LogP contribution in [0.3, 0.4) is 0 Å². The first kappa shape index (κ1) is 14.3. The van der Waals surface area contributed by atoms with Crippen LogP contribution in [0.2, 0.25) is 0 Å². The summed E-state index contributed by atoms with van der Waals surface area (Å²) in [6, 6.07) is 8.22. The lowest BCUT2D eigenvalue weighted by molar-refractivity contribution is 0.389. The second-order valence-electron chi connectivity index (χ2n) is 5.42. The zero-order valence-corrected chi connectivity index (χ0v) is 13.2. The lowest BCUT2D eigenvalue weighted by Gasteiger charge is -2.05. The van der Waals surface area contributed by atoms with Gasteiger partial charge in [0.25, 0.3) is 0 Å². The van der Waals surface area contributed by atoms with E-state index in [1.165, 1.54) is 13.2 Å². The van der Waals surface area contributed by atoms with Gasteiger partial charge < -0.3 is 4.74 Å². The molecule has 0 bridgehead atoms. The van der Waals surface area contributed by atoms with Crippen LogP contribution in [0, 0.1) is 24.4 Å². The average molecular weight is 332 g/mol. The number of fused-ring (bicyclic) bond motifs is 4. The standard InChI is InChI=1S/C18H11F3OS/c1-8-3-4-9-7-11-10-5-6-12(22-2)15(20)17(10)23-18(11)16(21)13(9)14(8)19/h3-7H,1-2H3. The maximum atomic E-state index is 14.9. The summed E-state index contributed by atoms with van der Waals surface area (Å²) in [7, 11) is 1.38. The van der Waals surface area contributed by atoms with Gasteiger partial charge in [-0.25, -0.2) is 13.2 Å². The highest BCUT2D eigenvalue weighted by Gasteiger charge is 2.19. The molecule has 5 heteroatoms. The molecule has 1 aromatic heterocycles. The van der Waals surface area contributed by atoms with Gasteiger partial charge in [-0.05, 0) is 36.1 Å². The van der Waals surface area contributed by atoms with Crippen molar-refractivity contribution in [1.82, 2.24) is 0 Å². The fourth-order valence-electron chi connectivity index (χ4n) is 2.90. The van der Waals surface area contributed by atoms with Crippen LogP contribution in [-0.2, 0) is 0 Å². The van der Waals surface area contributed by atoms with Crippen molar-refractivity contribution >= 4 is 42.3 Å². The van der Waals surface area contributed by atoms with Gasteiger partial charge in [0, 0.05) is 10.8 Å². The third-order valence-electron chi connectivity index (χ3n) is 4.11. The summed E-state index contributed by atoms with van der Waals surface area (Å²) in [6.45, 7) is 1.59. The SMILES string of the molecule is COc1ccc2c(sc3c(F)c4c(F)c(C)ccc4cc32)c1F. The lowest BCUT2D eigenvalue weighted by Crippen LogP contribution is -1.89. The Morgan fingerprint density at radius 2 is 1.61 bits per heavy atom. The maximum absolute atomic E-state index is 14.9. The molecule has 3 aromatic carbocycles. The molecule has 1 heterocycles. The number of aryl methyl sites for hydroxylation is 1. The monoisotopic (exact) mass is 332 g/mol. The number of hydrogen-bond acceptors (Lipinski definition) is 2. The predicted octanol–water partition coefficient (Wildman–Crippen LogP) is 5.94. The number of thiophene rings is 1. The van der Waals surface area contributed by atoms with Crippen molar-refractivity contribution in [2.45, 2.75) is 6.92 Å². The molecule has 23 heavy (non-hydrogen) atoms. The second kappa shape index (κ2) is 4.86. The number of benzene rings is 3. The van der Waals surface area contributed by atoms with Gasteiger partial charge >= 0.3 is 0 Å². The summed E-state index contributed by atoms with van der Waals surface area (Å²) in [6.07, 6.45) is 0. The first-order chi connectivity index (χ1) is 11.0. The highest BCUT2D eigenvalue weighted by Crippen LogP contribution is 2.42. The van der Waals surface area contributed by atoms with E-state index in [0.717, 1.165) is 11.3 Å². The van der Waals surface area contributed by atoms with Crippen LogP contribution >= 0.6 is 11.3 Å². The third kappa shape index (κ3) is 1.86. The first-order valence-corrected chi connectivity index (χ1v) is 7.80. The molecule has 116 valence electrons. The van der Waals surface area contributed by atoms with Crippen LogP contribution in [0.15, 0.2) is 30.3 Å². The molecule has 0 fully saturated rings. The Kier molecular flexibility index (Phi) is 3.03. The molecule has 0 amide bonds. The molecule has 4 aromatic rings. The number of rotatable bonds is 1. The largest absolute Gasteiger partial charge is 0.494 e. The fourth-order valence-corrected chi connectivity index (χ4v) is 4.05. The van der Waals surface area contributed by atoms with Gasteiger partial charge in [0.2, 0.25) is 0 Å². The number of hydrogen-bond donors (Lipinski definition) is 0. The van der Waals surface area contributed by atoms with Crippen molar-refractivity contribution in [2.75, 3.05) is 7.11 Å². The lowest BCUT2D eigenvalue weighted by atomic mass is 10.0. The van der Waals surface area contributed by atoms with Gasteiger partial charge in [-0.2, -0.15) is 0 Å². The van der Waals surface area contributed by atoms with Crippen LogP contribution in [0.25, 0.3) is 30.9 Å². The topological polar surface area (TPSA) is 9.23 Å². The molecule has 4 rings (SSSR count). The second-order valence-corrected chi connectivity index (χ2v) is 6.44. The summed E-state index contributed by atoms with van der Waals surface area (Å²) in [5.41, 5.74) is 0.379. The number of halogens is 3. The minimum Gasteiger partial charge on any atom is -0.494 e. The van der Waals surface area contributed by atoms with E-state index in [2.05, 4.69) is 0 Å². The molecule has 1 nitrogen and oxygen atoms in total. The molecule has 0 spiro atoms. The van der Waals surface area contributed by atoms with E-state index >= 15 is 0 Å². The van der Waals surface area contributed by atoms with Gasteiger partial charge in [0.1, 0.15) is 5.82 Å². The molecule has 0 aliphatic heterocycles. The van der Waals surface area contributed by atoms with Crippen molar-refractivity contribution in [3.63, 3.8) is 0 Å². The predicted molar refractivity (Wildman–Crippen MR) is 88.0 cm³/mol. The highest BCUT2D eigenvalue weighted by molar-refractivity contribution is 7.26. The van der Waals surface area contributed by atoms with Crippen molar-refractivity contribution in [2.24, 2.45) is 0 Å². The molecule has 0 radical (unpaired) electrons. The van der Waals surface area contributed by atoms with Gasteiger partial charge in [-0.15, -0.1) is 11.3 Å². The molecule has 0 aliphatic carbocycles. The Labute approximate surface area is 133 Å². The Bertz CT molecular complexity index is 1100. The third-order valence-corrected chi connectivity index (χ3v) is 5.31. The molecule has 0 unspecified atom stereocenters. The average Bonchev–Trinajstić information content (AvgIpc) is 2.91. The van der Waals surface area contributed by atoms with E-state index in [1.807, 2.05) is 0 Å². The van der Waals surface area contributed by atoms with Crippen molar-refractivity contribution in [3.05, 3.63) is 53.3 Å². The van der Waals surface area contributed by atoms with E-state index < -0.39 is 17.5 Å². The molecule has 0 saturated carbocycles. The van der Waals surface area contributed by atoms with E-state index in [1.54, 1.807) is 31.2 Å². The summed E-state index contributed by atoms with van der Waals surface area (Å²) < 4.78 is 49.1. The van der Waals surface area contributed by atoms with Crippen LogP contribution in [0.1, 0.15) is 5.56 Å². The van der Waals surface area contributed by atoms with Crippen LogP contribution in [0.5, 0.6) is 5.75 Å². The van der Waals surface area contributed by atoms with E-state index in [9.17, 15) is 13.2 Å². The fraction of sp³-hybridized carbons (Fsp3) is 0.111. The van der Waals surface area contributed by atoms with Crippen LogP contribution in [0.4, 0.5) is 13.2 Å². The molecule has 0 atom stereocenters. The molecule has 0 aliphatic rings. The van der Waals surface area contributed by atoms with Gasteiger partial charge in [-0.1, -0.05) is 12.1 Å². The normalized spacial score (nSPS) is 11.7. The minimum absolute atomic E-state index is 0.0450. The maximum Gasteiger partial charge on any atom is 0.182 e. The molecular weight excluding hydrogens is 321 g/mol. The molecule has 0 saturated heterocycles. The number of ether oxygens (including phenoxy) is 1. The Balaban J connectivity index is 2.24. The highest BCUT2D eigenvalue weighted by atomic mass is 32.1. The van der Waals surface area contributed by atoms with Gasteiger partial charge in [-0.3, -0.25) is 0 Å². The Morgan fingerprint density at radius 1 is 0.870 bits per heavy atom. The minimum atomic E-state index is -0.640. The van der Waals surface area contributed by atoms with E-state index in [-0.39, 0.29) is 15.8 Å². The van der Waals surface area contributed by atoms with E-state index in [4.69, 9.17) is 4.74 Å². The quantitative estimate of drug-likeness (QED) is 0.419. The zero-order valence-electron chi connectivity index (χ0n) is 12.3. The Morgan fingerprint density at radius 3 is 2.35 bits per heavy atom. The van der Waals surface area contributed by atoms with Crippen molar-refractivity contribution in [1.29, 1.82) is 0 Å². The Hall–Kier alpha value is -2.27.